The monoisotopic (exact) mass is 489 g/mol. The van der Waals surface area contributed by atoms with E-state index in [1.807, 2.05) is 0 Å². The van der Waals surface area contributed by atoms with Crippen molar-refractivity contribution in [2.75, 3.05) is 11.6 Å². The van der Waals surface area contributed by atoms with Crippen molar-refractivity contribution in [2.45, 2.75) is 24.2 Å². The van der Waals surface area contributed by atoms with Gasteiger partial charge in [-0.25, -0.2) is 9.97 Å². The minimum Gasteiger partial charge on any atom is -0.406 e. The van der Waals surface area contributed by atoms with Crippen LogP contribution in [0.3, 0.4) is 0 Å². The number of alkyl halides is 6. The third-order valence-corrected chi connectivity index (χ3v) is 4.82. The van der Waals surface area contributed by atoms with Gasteiger partial charge >= 0.3 is 12.5 Å². The molecule has 0 saturated heterocycles. The second-order valence-electron chi connectivity index (χ2n) is 6.49. The molecule has 2 N–H and O–H groups in total. The van der Waals surface area contributed by atoms with Crippen LogP contribution in [0.25, 0.3) is 16.9 Å². The standard InChI is InChI=1S/C18H13F6N7OS/c1-33-16-29-14-11(17(19,20)21)6-27-31(14)15(30-16)26-8-13-25-7-12(28-13)9-2-4-10(5-3-9)32-18(22,23)24/h2-7H,8H2,1H3,(H,25,28)(H,26,29,30). The van der Waals surface area contributed by atoms with Crippen LogP contribution in [-0.2, 0) is 12.7 Å². The topological polar surface area (TPSA) is 93.0 Å². The van der Waals surface area contributed by atoms with E-state index in [1.165, 1.54) is 30.5 Å². The van der Waals surface area contributed by atoms with Crippen LogP contribution in [-0.4, -0.2) is 42.2 Å². The molecular formula is C18H13F6N7OS. The average Bonchev–Trinajstić information content (AvgIpc) is 3.38. The summed E-state index contributed by atoms with van der Waals surface area (Å²) in [4.78, 5) is 15.2. The predicted octanol–water partition coefficient (Wildman–Crippen LogP) is 4.77. The second-order valence-corrected chi connectivity index (χ2v) is 7.27. The van der Waals surface area contributed by atoms with Crippen molar-refractivity contribution >= 4 is 23.4 Å². The number of rotatable bonds is 6. The number of fused-ring (bicyclic) bond motifs is 1. The first kappa shape index (κ1) is 22.7. The van der Waals surface area contributed by atoms with E-state index in [4.69, 9.17) is 0 Å². The number of thioether (sulfide) groups is 1. The number of halogens is 6. The van der Waals surface area contributed by atoms with Gasteiger partial charge in [0.05, 0.1) is 24.6 Å². The van der Waals surface area contributed by atoms with Crippen LogP contribution in [0.5, 0.6) is 5.75 Å². The molecule has 0 amide bonds. The molecule has 15 heteroatoms. The lowest BCUT2D eigenvalue weighted by Gasteiger charge is -2.09. The number of aromatic amines is 1. The predicted molar refractivity (Wildman–Crippen MR) is 106 cm³/mol. The first-order chi connectivity index (χ1) is 15.5. The Hall–Kier alpha value is -3.49. The van der Waals surface area contributed by atoms with Gasteiger partial charge in [0.25, 0.3) is 0 Å². The molecule has 0 bridgehead atoms. The van der Waals surface area contributed by atoms with E-state index in [9.17, 15) is 26.3 Å². The fourth-order valence-corrected chi connectivity index (χ4v) is 3.22. The van der Waals surface area contributed by atoms with E-state index in [-0.39, 0.29) is 29.0 Å². The number of aromatic nitrogens is 6. The SMILES string of the molecule is CSc1nc(NCc2ncc(-c3ccc(OC(F)(F)F)cc3)[nH]2)n2ncc(C(F)(F)F)c2n1. The van der Waals surface area contributed by atoms with Gasteiger partial charge in [0.1, 0.15) is 17.1 Å². The number of hydrogen-bond acceptors (Lipinski definition) is 7. The zero-order valence-electron chi connectivity index (χ0n) is 16.5. The van der Waals surface area contributed by atoms with Crippen LogP contribution < -0.4 is 10.1 Å². The van der Waals surface area contributed by atoms with Crippen LogP contribution in [0.15, 0.2) is 41.8 Å². The molecule has 0 spiro atoms. The van der Waals surface area contributed by atoms with Gasteiger partial charge in [-0.3, -0.25) is 0 Å². The third kappa shape index (κ3) is 5.13. The molecule has 0 unspecified atom stereocenters. The van der Waals surface area contributed by atoms with Gasteiger partial charge in [0.15, 0.2) is 10.8 Å². The molecule has 0 saturated carbocycles. The molecule has 0 aliphatic rings. The van der Waals surface area contributed by atoms with Crippen LogP contribution in [0.1, 0.15) is 11.4 Å². The van der Waals surface area contributed by atoms with E-state index < -0.39 is 18.1 Å². The van der Waals surface area contributed by atoms with E-state index in [1.54, 1.807) is 6.26 Å². The minimum absolute atomic E-state index is 0.0338. The zero-order valence-corrected chi connectivity index (χ0v) is 17.3. The maximum atomic E-state index is 13.2. The number of benzene rings is 1. The summed E-state index contributed by atoms with van der Waals surface area (Å²) in [7, 11) is 0. The molecule has 4 rings (SSSR count). The highest BCUT2D eigenvalue weighted by molar-refractivity contribution is 7.98. The molecule has 3 aromatic heterocycles. The van der Waals surface area contributed by atoms with Gasteiger partial charge < -0.3 is 15.0 Å². The van der Waals surface area contributed by atoms with Crippen molar-refractivity contribution in [2.24, 2.45) is 0 Å². The number of anilines is 1. The molecule has 8 nitrogen and oxygen atoms in total. The Kier molecular flexibility index (Phi) is 5.82. The number of H-pyrrole nitrogens is 1. The number of imidazole rings is 1. The Labute approximate surface area is 185 Å². The van der Waals surface area contributed by atoms with Crippen LogP contribution >= 0.6 is 11.8 Å². The molecule has 0 aliphatic heterocycles. The molecule has 4 aromatic rings. The first-order valence-electron chi connectivity index (χ1n) is 9.04. The molecule has 0 atom stereocenters. The Morgan fingerprint density at radius 1 is 1.06 bits per heavy atom. The average molecular weight is 489 g/mol. The first-order valence-corrected chi connectivity index (χ1v) is 10.3. The molecule has 0 fully saturated rings. The Morgan fingerprint density at radius 2 is 1.79 bits per heavy atom. The normalized spacial score (nSPS) is 12.3. The van der Waals surface area contributed by atoms with Gasteiger partial charge in [-0.15, -0.1) is 13.2 Å². The molecule has 0 aliphatic carbocycles. The van der Waals surface area contributed by atoms with Crippen LogP contribution in [0, 0.1) is 0 Å². The van der Waals surface area contributed by atoms with E-state index in [0.29, 0.717) is 23.3 Å². The lowest BCUT2D eigenvalue weighted by atomic mass is 10.2. The van der Waals surface area contributed by atoms with E-state index >= 15 is 0 Å². The highest BCUT2D eigenvalue weighted by atomic mass is 32.2. The Bertz CT molecular complexity index is 1270. The van der Waals surface area contributed by atoms with Gasteiger partial charge in [0, 0.05) is 0 Å². The maximum Gasteiger partial charge on any atom is 0.573 e. The summed E-state index contributed by atoms with van der Waals surface area (Å²) in [6.07, 6.45) is -5.64. The van der Waals surface area contributed by atoms with Gasteiger partial charge in [-0.05, 0) is 36.1 Å². The maximum absolute atomic E-state index is 13.2. The van der Waals surface area contributed by atoms with Crippen LogP contribution in [0.2, 0.25) is 0 Å². The summed E-state index contributed by atoms with van der Waals surface area (Å²) in [6.45, 7) is 0.0520. The zero-order chi connectivity index (χ0) is 23.8. The highest BCUT2D eigenvalue weighted by Gasteiger charge is 2.36. The van der Waals surface area contributed by atoms with Gasteiger partial charge in [-0.1, -0.05) is 11.8 Å². The van der Waals surface area contributed by atoms with Crippen molar-refractivity contribution in [1.29, 1.82) is 0 Å². The molecule has 3 heterocycles. The summed E-state index contributed by atoms with van der Waals surface area (Å²) in [5.41, 5.74) is -0.298. The van der Waals surface area contributed by atoms with Gasteiger partial charge in [-0.2, -0.15) is 27.8 Å². The Balaban J connectivity index is 1.52. The van der Waals surface area contributed by atoms with E-state index in [0.717, 1.165) is 16.3 Å². The molecule has 33 heavy (non-hydrogen) atoms. The fraction of sp³-hybridized carbons (Fsp3) is 0.222. The van der Waals surface area contributed by atoms with Crippen molar-refractivity contribution < 1.29 is 31.1 Å². The number of hydrogen-bond donors (Lipinski definition) is 2. The summed E-state index contributed by atoms with van der Waals surface area (Å²) in [5.74, 6) is 0.0789. The van der Waals surface area contributed by atoms with Crippen molar-refractivity contribution in [3.05, 3.63) is 48.0 Å². The fourth-order valence-electron chi connectivity index (χ4n) is 2.86. The number of nitrogens with one attached hydrogen (secondary N) is 2. The largest absolute Gasteiger partial charge is 0.573 e. The van der Waals surface area contributed by atoms with Crippen molar-refractivity contribution in [3.63, 3.8) is 0 Å². The minimum atomic E-state index is -4.79. The second kappa shape index (κ2) is 8.46. The lowest BCUT2D eigenvalue weighted by Crippen LogP contribution is -2.16. The number of nitrogens with zero attached hydrogens (tertiary/aromatic N) is 5. The Morgan fingerprint density at radius 3 is 2.42 bits per heavy atom. The summed E-state index contributed by atoms with van der Waals surface area (Å²) >= 11 is 1.07. The lowest BCUT2D eigenvalue weighted by molar-refractivity contribution is -0.274. The third-order valence-electron chi connectivity index (χ3n) is 4.28. The molecule has 0 radical (unpaired) electrons. The highest BCUT2D eigenvalue weighted by Crippen LogP contribution is 2.33. The summed E-state index contributed by atoms with van der Waals surface area (Å²) in [6, 6.07) is 5.18. The van der Waals surface area contributed by atoms with Crippen molar-refractivity contribution in [1.82, 2.24) is 29.5 Å². The van der Waals surface area contributed by atoms with Crippen molar-refractivity contribution in [3.8, 4) is 17.0 Å². The van der Waals surface area contributed by atoms with E-state index in [2.05, 4.69) is 35.1 Å². The molecule has 1 aromatic carbocycles. The van der Waals surface area contributed by atoms with Crippen LogP contribution in [0.4, 0.5) is 32.3 Å². The summed E-state index contributed by atoms with van der Waals surface area (Å²) in [5, 5.41) is 6.73. The molecular weight excluding hydrogens is 476 g/mol. The molecule has 174 valence electrons. The quantitative estimate of drug-likeness (QED) is 0.298. The smallest absolute Gasteiger partial charge is 0.406 e. The van der Waals surface area contributed by atoms with Gasteiger partial charge in [0.2, 0.25) is 5.95 Å². The summed E-state index contributed by atoms with van der Waals surface area (Å²) < 4.78 is 81.3. The number of ether oxygens (including phenoxy) is 1.